The van der Waals surface area contributed by atoms with E-state index in [1.165, 1.54) is 29.2 Å². The van der Waals surface area contributed by atoms with E-state index in [1.807, 2.05) is 0 Å². The normalized spacial score (nSPS) is 18.3. The molecule has 0 aliphatic carbocycles. The van der Waals surface area contributed by atoms with Crippen LogP contribution >= 0.6 is 0 Å². The minimum atomic E-state index is -1.24. The maximum Gasteiger partial charge on any atom is 0.325 e. The standard InChI is InChI=1S/C22H24FN3O4/c1-4-22(15-6-12-18(30-3)13-7-15)20(28)26(21(29)24-22)14-19(27)25(5-2)17-10-8-16(23)9-11-17/h6-13H,4-5,14H2,1-3H3,(H,24,29). The molecule has 0 saturated carbocycles. The van der Waals surface area contributed by atoms with Gasteiger partial charge < -0.3 is 15.0 Å². The number of anilines is 1. The maximum absolute atomic E-state index is 13.2. The van der Waals surface area contributed by atoms with Crippen molar-refractivity contribution in [2.24, 2.45) is 0 Å². The quantitative estimate of drug-likeness (QED) is 0.708. The number of carbonyl (C=O) groups excluding carboxylic acids is 3. The molecule has 3 rings (SSSR count). The lowest BCUT2D eigenvalue weighted by Crippen LogP contribution is -2.45. The lowest BCUT2D eigenvalue weighted by Gasteiger charge is -2.27. The van der Waals surface area contributed by atoms with Gasteiger partial charge in [0.1, 0.15) is 23.7 Å². The van der Waals surface area contributed by atoms with Crippen LogP contribution < -0.4 is 15.0 Å². The Labute approximate surface area is 174 Å². The number of amides is 4. The second-order valence-corrected chi connectivity index (χ2v) is 6.92. The minimum absolute atomic E-state index is 0.311. The molecule has 7 nitrogen and oxygen atoms in total. The molecular formula is C22H24FN3O4. The van der Waals surface area contributed by atoms with Crippen molar-refractivity contribution in [3.8, 4) is 5.75 Å². The van der Waals surface area contributed by atoms with Gasteiger partial charge in [-0.3, -0.25) is 14.5 Å². The second kappa shape index (κ2) is 8.52. The Bertz CT molecular complexity index is 946. The predicted octanol–water partition coefficient (Wildman–Crippen LogP) is 3.04. The molecular weight excluding hydrogens is 389 g/mol. The Morgan fingerprint density at radius 1 is 1.10 bits per heavy atom. The van der Waals surface area contributed by atoms with Gasteiger partial charge in [0.15, 0.2) is 0 Å². The average Bonchev–Trinajstić information content (AvgIpc) is 3.00. The topological polar surface area (TPSA) is 79.0 Å². The summed E-state index contributed by atoms with van der Waals surface area (Å²) in [7, 11) is 1.54. The van der Waals surface area contributed by atoms with Crippen LogP contribution in [0.15, 0.2) is 48.5 Å². The van der Waals surface area contributed by atoms with E-state index >= 15 is 0 Å². The smallest absolute Gasteiger partial charge is 0.325 e. The average molecular weight is 413 g/mol. The Morgan fingerprint density at radius 2 is 1.73 bits per heavy atom. The number of rotatable bonds is 7. The number of hydrogen-bond acceptors (Lipinski definition) is 4. The number of hydrogen-bond donors (Lipinski definition) is 1. The second-order valence-electron chi connectivity index (χ2n) is 6.92. The van der Waals surface area contributed by atoms with Crippen molar-refractivity contribution < 1.29 is 23.5 Å². The molecule has 0 radical (unpaired) electrons. The van der Waals surface area contributed by atoms with Gasteiger partial charge in [-0.25, -0.2) is 9.18 Å². The van der Waals surface area contributed by atoms with Crippen molar-refractivity contribution in [1.82, 2.24) is 10.2 Å². The maximum atomic E-state index is 13.2. The number of methoxy groups -OCH3 is 1. The van der Waals surface area contributed by atoms with Crippen molar-refractivity contribution in [2.75, 3.05) is 25.1 Å². The molecule has 158 valence electrons. The Kier molecular flexibility index (Phi) is 6.05. The van der Waals surface area contributed by atoms with Gasteiger partial charge in [-0.05, 0) is 55.3 Å². The number of likely N-dealkylation sites (N-methyl/N-ethyl adjacent to an activating group) is 1. The summed E-state index contributed by atoms with van der Waals surface area (Å²) in [6.07, 6.45) is 0.323. The summed E-state index contributed by atoms with van der Waals surface area (Å²) < 4.78 is 18.4. The summed E-state index contributed by atoms with van der Waals surface area (Å²) in [6, 6.07) is 11.7. The van der Waals surface area contributed by atoms with Crippen LogP contribution in [0.3, 0.4) is 0 Å². The first-order chi connectivity index (χ1) is 14.4. The fourth-order valence-corrected chi connectivity index (χ4v) is 3.63. The third kappa shape index (κ3) is 3.72. The van der Waals surface area contributed by atoms with Crippen molar-refractivity contribution in [3.05, 3.63) is 59.9 Å². The highest BCUT2D eigenvalue weighted by Crippen LogP contribution is 2.33. The molecule has 1 aliphatic heterocycles. The van der Waals surface area contributed by atoms with E-state index in [0.717, 1.165) is 4.90 Å². The van der Waals surface area contributed by atoms with E-state index in [1.54, 1.807) is 45.2 Å². The fourth-order valence-electron chi connectivity index (χ4n) is 3.63. The van der Waals surface area contributed by atoms with Crippen LogP contribution in [-0.2, 0) is 15.1 Å². The number of benzene rings is 2. The van der Waals surface area contributed by atoms with Gasteiger partial charge in [0.05, 0.1) is 7.11 Å². The van der Waals surface area contributed by atoms with E-state index in [-0.39, 0.29) is 0 Å². The molecule has 0 aromatic heterocycles. The summed E-state index contributed by atoms with van der Waals surface area (Å²) in [5, 5.41) is 2.76. The molecule has 2 aromatic rings. The van der Waals surface area contributed by atoms with E-state index in [9.17, 15) is 18.8 Å². The first kappa shape index (κ1) is 21.3. The van der Waals surface area contributed by atoms with Gasteiger partial charge in [0.2, 0.25) is 5.91 Å². The predicted molar refractivity (Wildman–Crippen MR) is 110 cm³/mol. The third-order valence-corrected chi connectivity index (χ3v) is 5.34. The van der Waals surface area contributed by atoms with Crippen LogP contribution in [0.1, 0.15) is 25.8 Å². The van der Waals surface area contributed by atoms with E-state index in [2.05, 4.69) is 5.32 Å². The molecule has 1 heterocycles. The van der Waals surface area contributed by atoms with Crippen molar-refractivity contribution in [1.29, 1.82) is 0 Å². The summed E-state index contributed by atoms with van der Waals surface area (Å²) >= 11 is 0. The van der Waals surface area contributed by atoms with Crippen LogP contribution in [0.4, 0.5) is 14.9 Å². The monoisotopic (exact) mass is 413 g/mol. The molecule has 4 amide bonds. The number of nitrogens with zero attached hydrogens (tertiary/aromatic N) is 2. The largest absolute Gasteiger partial charge is 0.497 e. The zero-order valence-electron chi connectivity index (χ0n) is 17.1. The van der Waals surface area contributed by atoms with Crippen molar-refractivity contribution in [2.45, 2.75) is 25.8 Å². The van der Waals surface area contributed by atoms with E-state index in [0.29, 0.717) is 30.0 Å². The third-order valence-electron chi connectivity index (χ3n) is 5.34. The molecule has 1 N–H and O–H groups in total. The van der Waals surface area contributed by atoms with Gasteiger partial charge in [-0.2, -0.15) is 0 Å². The molecule has 1 fully saturated rings. The Balaban J connectivity index is 1.84. The van der Waals surface area contributed by atoms with Gasteiger partial charge in [0, 0.05) is 12.2 Å². The number of nitrogens with one attached hydrogen (secondary N) is 1. The van der Waals surface area contributed by atoms with Crippen molar-refractivity contribution >= 4 is 23.5 Å². The van der Waals surface area contributed by atoms with E-state index < -0.39 is 35.7 Å². The highest BCUT2D eigenvalue weighted by Gasteiger charge is 2.51. The zero-order valence-corrected chi connectivity index (χ0v) is 17.1. The van der Waals surface area contributed by atoms with Crippen LogP contribution in [0.25, 0.3) is 0 Å². The highest BCUT2D eigenvalue weighted by atomic mass is 19.1. The molecule has 2 aromatic carbocycles. The molecule has 1 atom stereocenters. The summed E-state index contributed by atoms with van der Waals surface area (Å²) in [5.41, 5.74) is -0.130. The SMILES string of the molecule is CCN(C(=O)CN1C(=O)NC(CC)(c2ccc(OC)cc2)C1=O)c1ccc(F)cc1. The molecule has 0 bridgehead atoms. The van der Waals surface area contributed by atoms with Crippen LogP contribution in [0.2, 0.25) is 0 Å². The lowest BCUT2D eigenvalue weighted by atomic mass is 9.87. The first-order valence-electron chi connectivity index (χ1n) is 9.70. The summed E-state index contributed by atoms with van der Waals surface area (Å²) in [4.78, 5) is 41.1. The number of urea groups is 1. The first-order valence-corrected chi connectivity index (χ1v) is 9.70. The molecule has 30 heavy (non-hydrogen) atoms. The molecule has 8 heteroatoms. The van der Waals surface area contributed by atoms with Gasteiger partial charge in [0.25, 0.3) is 5.91 Å². The molecule has 1 saturated heterocycles. The summed E-state index contributed by atoms with van der Waals surface area (Å²) in [6.45, 7) is 3.46. The molecule has 1 unspecified atom stereocenters. The lowest BCUT2D eigenvalue weighted by molar-refractivity contribution is -0.134. The zero-order chi connectivity index (χ0) is 21.9. The minimum Gasteiger partial charge on any atom is -0.497 e. The van der Waals surface area contributed by atoms with Crippen LogP contribution in [-0.4, -0.2) is 42.9 Å². The Hall–Kier alpha value is -3.42. The van der Waals surface area contributed by atoms with Crippen molar-refractivity contribution in [3.63, 3.8) is 0 Å². The Morgan fingerprint density at radius 3 is 2.27 bits per heavy atom. The van der Waals surface area contributed by atoms with E-state index in [4.69, 9.17) is 4.74 Å². The van der Waals surface area contributed by atoms with Crippen LogP contribution in [0.5, 0.6) is 5.75 Å². The summed E-state index contributed by atoms with van der Waals surface area (Å²) in [5.74, 6) is -0.701. The molecule has 0 spiro atoms. The van der Waals surface area contributed by atoms with Crippen LogP contribution in [0, 0.1) is 5.82 Å². The van der Waals surface area contributed by atoms with Gasteiger partial charge in [-0.1, -0.05) is 19.1 Å². The number of ether oxygens (including phenoxy) is 1. The number of carbonyl (C=O) groups is 3. The highest BCUT2D eigenvalue weighted by molar-refractivity contribution is 6.10. The number of imide groups is 1. The molecule has 1 aliphatic rings. The number of halogens is 1. The van der Waals surface area contributed by atoms with Gasteiger partial charge >= 0.3 is 6.03 Å². The van der Waals surface area contributed by atoms with Gasteiger partial charge in [-0.15, -0.1) is 0 Å². The fraction of sp³-hybridized carbons (Fsp3) is 0.318.